The lowest BCUT2D eigenvalue weighted by molar-refractivity contribution is 0.415. The largest absolute Gasteiger partial charge is 0.497 e. The molecule has 2 N–H and O–H groups in total. The van der Waals surface area contributed by atoms with Crippen LogP contribution < -0.4 is 15.4 Å². The van der Waals surface area contributed by atoms with Gasteiger partial charge >= 0.3 is 0 Å². The van der Waals surface area contributed by atoms with Gasteiger partial charge in [0.1, 0.15) is 5.75 Å². The molecule has 0 fully saturated rings. The summed E-state index contributed by atoms with van der Waals surface area (Å²) in [7, 11) is 3.61. The Hall–Kier alpha value is -2.23. The van der Waals surface area contributed by atoms with Crippen molar-refractivity contribution in [2.45, 2.75) is 0 Å². The van der Waals surface area contributed by atoms with Gasteiger partial charge in [0.05, 0.1) is 24.7 Å². The fraction of sp³-hybridized carbons (Fsp3) is 0.154. The topological polar surface area (TPSA) is 51.4 Å². The Balaban J connectivity index is 2.37. The van der Waals surface area contributed by atoms with E-state index < -0.39 is 0 Å². The summed E-state index contributed by atoms with van der Waals surface area (Å²) in [6, 6.07) is 9.70. The van der Waals surface area contributed by atoms with Crippen LogP contribution in [0.15, 0.2) is 42.7 Å². The molecule has 0 saturated carbocycles. The zero-order chi connectivity index (χ0) is 12.3. The minimum atomic E-state index is 0.651. The fourth-order valence-electron chi connectivity index (χ4n) is 1.66. The Bertz CT molecular complexity index is 514. The summed E-state index contributed by atoms with van der Waals surface area (Å²) >= 11 is 0. The summed E-state index contributed by atoms with van der Waals surface area (Å²) in [5.74, 6) is 0.821. The molecule has 0 spiro atoms. The molecule has 0 unspecified atom stereocenters. The Kier molecular flexibility index (Phi) is 3.14. The number of nitrogen functional groups attached to an aromatic ring is 1. The van der Waals surface area contributed by atoms with Crippen LogP contribution in [0.2, 0.25) is 0 Å². The summed E-state index contributed by atoms with van der Waals surface area (Å²) in [4.78, 5) is 5.98. The summed E-state index contributed by atoms with van der Waals surface area (Å²) in [6.07, 6.45) is 3.37. The molecule has 1 aromatic heterocycles. The molecule has 0 aliphatic carbocycles. The molecule has 0 radical (unpaired) electrons. The fourth-order valence-corrected chi connectivity index (χ4v) is 1.66. The van der Waals surface area contributed by atoms with Crippen LogP contribution in [-0.2, 0) is 0 Å². The number of hydrogen-bond donors (Lipinski definition) is 1. The van der Waals surface area contributed by atoms with Crippen LogP contribution in [0.25, 0.3) is 0 Å². The van der Waals surface area contributed by atoms with Crippen LogP contribution in [0.5, 0.6) is 5.75 Å². The minimum Gasteiger partial charge on any atom is -0.497 e. The Morgan fingerprint density at radius 3 is 2.82 bits per heavy atom. The van der Waals surface area contributed by atoms with Crippen molar-refractivity contribution in [1.29, 1.82) is 0 Å². The number of nitrogens with two attached hydrogens (primary N) is 1. The van der Waals surface area contributed by atoms with Crippen LogP contribution in [0.1, 0.15) is 0 Å². The van der Waals surface area contributed by atoms with E-state index in [1.165, 1.54) is 0 Å². The lowest BCUT2D eigenvalue weighted by atomic mass is 10.2. The molecular formula is C13H15N3O. The number of aromatic nitrogens is 1. The number of hydrogen-bond acceptors (Lipinski definition) is 4. The number of ether oxygens (including phenoxy) is 1. The van der Waals surface area contributed by atoms with Crippen molar-refractivity contribution in [1.82, 2.24) is 4.98 Å². The number of pyridine rings is 1. The number of rotatable bonds is 3. The molecule has 0 amide bonds. The molecule has 1 aromatic carbocycles. The normalized spacial score (nSPS) is 10.0. The molecule has 4 heteroatoms. The van der Waals surface area contributed by atoms with E-state index in [1.54, 1.807) is 19.5 Å². The van der Waals surface area contributed by atoms with Gasteiger partial charge in [-0.25, -0.2) is 0 Å². The van der Waals surface area contributed by atoms with Crippen molar-refractivity contribution in [3.05, 3.63) is 42.7 Å². The molecule has 0 saturated heterocycles. The maximum atomic E-state index is 5.89. The first kappa shape index (κ1) is 11.3. The SMILES string of the molecule is COc1cccc(N(C)c2ccncc2N)c1. The van der Waals surface area contributed by atoms with E-state index in [1.807, 2.05) is 42.3 Å². The third-order valence-electron chi connectivity index (χ3n) is 2.63. The first-order valence-electron chi connectivity index (χ1n) is 5.29. The number of anilines is 3. The molecule has 1 heterocycles. The van der Waals surface area contributed by atoms with Gasteiger partial charge in [-0.15, -0.1) is 0 Å². The standard InChI is InChI=1S/C13H15N3O/c1-16(13-6-7-15-9-12(13)14)10-4-3-5-11(8-10)17-2/h3-9H,14H2,1-2H3. The maximum Gasteiger partial charge on any atom is 0.120 e. The van der Waals surface area contributed by atoms with Gasteiger partial charge < -0.3 is 15.4 Å². The van der Waals surface area contributed by atoms with Gasteiger partial charge in [-0.2, -0.15) is 0 Å². The van der Waals surface area contributed by atoms with Crippen LogP contribution in [-0.4, -0.2) is 19.1 Å². The minimum absolute atomic E-state index is 0.651. The van der Waals surface area contributed by atoms with E-state index in [9.17, 15) is 0 Å². The molecule has 88 valence electrons. The van der Waals surface area contributed by atoms with Crippen LogP contribution in [0, 0.1) is 0 Å². The lowest BCUT2D eigenvalue weighted by Gasteiger charge is -2.21. The lowest BCUT2D eigenvalue weighted by Crippen LogP contribution is -2.11. The zero-order valence-corrected chi connectivity index (χ0v) is 9.92. The van der Waals surface area contributed by atoms with E-state index >= 15 is 0 Å². The highest BCUT2D eigenvalue weighted by Crippen LogP contribution is 2.29. The first-order valence-corrected chi connectivity index (χ1v) is 5.29. The molecule has 2 rings (SSSR count). The second-order valence-electron chi connectivity index (χ2n) is 3.69. The third-order valence-corrected chi connectivity index (χ3v) is 2.63. The second kappa shape index (κ2) is 4.74. The van der Waals surface area contributed by atoms with Crippen LogP contribution >= 0.6 is 0 Å². The maximum absolute atomic E-state index is 5.89. The van der Waals surface area contributed by atoms with Gasteiger partial charge in [-0.3, -0.25) is 4.98 Å². The van der Waals surface area contributed by atoms with Gasteiger partial charge in [-0.1, -0.05) is 6.07 Å². The van der Waals surface area contributed by atoms with Crippen molar-refractivity contribution in [3.63, 3.8) is 0 Å². The summed E-state index contributed by atoms with van der Waals surface area (Å²) in [5, 5.41) is 0. The Morgan fingerprint density at radius 2 is 2.12 bits per heavy atom. The number of nitrogens with zero attached hydrogens (tertiary/aromatic N) is 2. The molecule has 0 bridgehead atoms. The first-order chi connectivity index (χ1) is 8.22. The van der Waals surface area contributed by atoms with Crippen molar-refractivity contribution in [3.8, 4) is 5.75 Å². The van der Waals surface area contributed by atoms with Gasteiger partial charge in [0, 0.05) is 25.0 Å². The summed E-state index contributed by atoms with van der Waals surface area (Å²) in [6.45, 7) is 0. The monoisotopic (exact) mass is 229 g/mol. The van der Waals surface area contributed by atoms with Crippen molar-refractivity contribution in [2.75, 3.05) is 24.8 Å². The predicted octanol–water partition coefficient (Wildman–Crippen LogP) is 2.44. The van der Waals surface area contributed by atoms with Crippen LogP contribution in [0.4, 0.5) is 17.1 Å². The number of methoxy groups -OCH3 is 1. The predicted molar refractivity (Wildman–Crippen MR) is 69.7 cm³/mol. The average molecular weight is 229 g/mol. The third kappa shape index (κ3) is 2.30. The molecule has 4 nitrogen and oxygen atoms in total. The van der Waals surface area contributed by atoms with E-state index in [-0.39, 0.29) is 0 Å². The summed E-state index contributed by atoms with van der Waals surface area (Å²) in [5.41, 5.74) is 8.48. The molecule has 0 aliphatic heterocycles. The van der Waals surface area contributed by atoms with Gasteiger partial charge in [0.15, 0.2) is 0 Å². The smallest absolute Gasteiger partial charge is 0.120 e. The highest BCUT2D eigenvalue weighted by atomic mass is 16.5. The summed E-state index contributed by atoms with van der Waals surface area (Å²) < 4.78 is 5.20. The van der Waals surface area contributed by atoms with E-state index in [0.29, 0.717) is 5.69 Å². The number of benzene rings is 1. The van der Waals surface area contributed by atoms with Gasteiger partial charge in [0.25, 0.3) is 0 Å². The van der Waals surface area contributed by atoms with Crippen molar-refractivity contribution in [2.24, 2.45) is 0 Å². The van der Waals surface area contributed by atoms with Gasteiger partial charge in [-0.05, 0) is 18.2 Å². The van der Waals surface area contributed by atoms with Gasteiger partial charge in [0.2, 0.25) is 0 Å². The molecule has 17 heavy (non-hydrogen) atoms. The molecule has 2 aromatic rings. The van der Waals surface area contributed by atoms with Crippen molar-refractivity contribution >= 4 is 17.1 Å². The molecular weight excluding hydrogens is 214 g/mol. The van der Waals surface area contributed by atoms with E-state index in [2.05, 4.69) is 4.98 Å². The molecule has 0 aliphatic rings. The Labute approximate surface area is 101 Å². The second-order valence-corrected chi connectivity index (χ2v) is 3.69. The quantitative estimate of drug-likeness (QED) is 0.878. The highest BCUT2D eigenvalue weighted by Gasteiger charge is 2.07. The van der Waals surface area contributed by atoms with Crippen LogP contribution in [0.3, 0.4) is 0 Å². The van der Waals surface area contributed by atoms with Crippen molar-refractivity contribution < 1.29 is 4.74 Å². The highest BCUT2D eigenvalue weighted by molar-refractivity contribution is 5.73. The zero-order valence-electron chi connectivity index (χ0n) is 9.92. The molecule has 0 atom stereocenters. The average Bonchev–Trinajstić information content (AvgIpc) is 2.38. The van der Waals surface area contributed by atoms with E-state index in [0.717, 1.165) is 17.1 Å². The Morgan fingerprint density at radius 1 is 1.29 bits per heavy atom. The van der Waals surface area contributed by atoms with E-state index in [4.69, 9.17) is 10.5 Å².